The van der Waals surface area contributed by atoms with Crippen LogP contribution in [0.3, 0.4) is 0 Å². The SMILES string of the molecule is O=C([O-])c1cc(Cl)cnc1Cl.[Na+]. The van der Waals surface area contributed by atoms with Gasteiger partial charge >= 0.3 is 29.6 Å². The number of pyridine rings is 1. The number of hydrogen-bond acceptors (Lipinski definition) is 3. The van der Waals surface area contributed by atoms with Gasteiger partial charge in [0.15, 0.2) is 0 Å². The van der Waals surface area contributed by atoms with E-state index in [0.717, 1.165) is 0 Å². The molecule has 1 aromatic heterocycles. The van der Waals surface area contributed by atoms with Gasteiger partial charge in [0.25, 0.3) is 0 Å². The number of nitrogens with zero attached hydrogens (tertiary/aromatic N) is 1. The fourth-order valence-electron chi connectivity index (χ4n) is 0.566. The van der Waals surface area contributed by atoms with E-state index in [1.54, 1.807) is 0 Å². The molecule has 0 aliphatic carbocycles. The Morgan fingerprint density at radius 2 is 2.08 bits per heavy atom. The van der Waals surface area contributed by atoms with E-state index in [2.05, 4.69) is 4.98 Å². The molecule has 12 heavy (non-hydrogen) atoms. The van der Waals surface area contributed by atoms with E-state index in [0.29, 0.717) is 0 Å². The van der Waals surface area contributed by atoms with Crippen molar-refractivity contribution in [2.24, 2.45) is 0 Å². The van der Waals surface area contributed by atoms with E-state index in [-0.39, 0.29) is 45.3 Å². The summed E-state index contributed by atoms with van der Waals surface area (Å²) in [6.45, 7) is 0. The molecule has 1 heterocycles. The molecule has 6 heteroatoms. The molecular weight excluding hydrogens is 212 g/mol. The standard InChI is InChI=1S/C6H3Cl2NO2.Na/c7-3-1-4(6(10)11)5(8)9-2-3;/h1-2H,(H,10,11);/q;+1/p-1. The zero-order chi connectivity index (χ0) is 8.43. The molecule has 1 rings (SSSR count). The molecule has 0 aliphatic heterocycles. The number of carbonyl (C=O) groups is 1. The fraction of sp³-hybridized carbons (Fsp3) is 0. The first-order chi connectivity index (χ1) is 5.11. The van der Waals surface area contributed by atoms with Gasteiger partial charge in [-0.25, -0.2) is 4.98 Å². The van der Waals surface area contributed by atoms with E-state index in [4.69, 9.17) is 23.2 Å². The topological polar surface area (TPSA) is 53.0 Å². The van der Waals surface area contributed by atoms with Crippen molar-refractivity contribution in [3.05, 3.63) is 28.0 Å². The molecule has 3 nitrogen and oxygen atoms in total. The van der Waals surface area contributed by atoms with Gasteiger partial charge in [0.2, 0.25) is 0 Å². The van der Waals surface area contributed by atoms with E-state index in [1.807, 2.05) is 0 Å². The molecule has 0 saturated heterocycles. The number of rotatable bonds is 1. The number of carbonyl (C=O) groups excluding carboxylic acids is 1. The zero-order valence-electron chi connectivity index (χ0n) is 6.17. The van der Waals surface area contributed by atoms with Crippen molar-refractivity contribution >= 4 is 29.2 Å². The Morgan fingerprint density at radius 3 is 2.50 bits per heavy atom. The van der Waals surface area contributed by atoms with Crippen molar-refractivity contribution < 1.29 is 39.5 Å². The van der Waals surface area contributed by atoms with E-state index in [9.17, 15) is 9.90 Å². The summed E-state index contributed by atoms with van der Waals surface area (Å²) in [4.78, 5) is 13.8. The summed E-state index contributed by atoms with van der Waals surface area (Å²) in [5, 5.41) is 10.4. The second kappa shape index (κ2) is 5.04. The maximum absolute atomic E-state index is 10.3. The maximum atomic E-state index is 10.3. The van der Waals surface area contributed by atoms with Gasteiger partial charge in [-0.3, -0.25) is 0 Å². The average molecular weight is 214 g/mol. The average Bonchev–Trinajstić information content (AvgIpc) is 1.94. The van der Waals surface area contributed by atoms with E-state index >= 15 is 0 Å². The summed E-state index contributed by atoms with van der Waals surface area (Å²) in [5.41, 5.74) is -0.195. The van der Waals surface area contributed by atoms with Gasteiger partial charge in [-0.15, -0.1) is 0 Å². The Balaban J connectivity index is 0.00000121. The number of hydrogen-bond donors (Lipinski definition) is 0. The first-order valence-corrected chi connectivity index (χ1v) is 3.39. The number of carboxylic acids is 1. The molecule has 0 radical (unpaired) electrons. The van der Waals surface area contributed by atoms with Gasteiger partial charge in [0.05, 0.1) is 11.0 Å². The van der Waals surface area contributed by atoms with Crippen molar-refractivity contribution in [3.63, 3.8) is 0 Å². The van der Waals surface area contributed by atoms with Crippen LogP contribution in [0, 0.1) is 0 Å². The molecule has 1 aromatic rings. The molecule has 0 bridgehead atoms. The van der Waals surface area contributed by atoms with Crippen LogP contribution in [0.25, 0.3) is 0 Å². The van der Waals surface area contributed by atoms with E-state index in [1.165, 1.54) is 12.3 Å². The molecule has 0 amide bonds. The Kier molecular flexibility index (Phi) is 5.13. The minimum absolute atomic E-state index is 0. The van der Waals surface area contributed by atoms with Crippen LogP contribution in [0.15, 0.2) is 12.3 Å². The fourth-order valence-corrected chi connectivity index (χ4v) is 0.904. The van der Waals surface area contributed by atoms with Crippen LogP contribution in [-0.2, 0) is 0 Å². The largest absolute Gasteiger partial charge is 1.00 e. The van der Waals surface area contributed by atoms with Crippen LogP contribution in [0.4, 0.5) is 0 Å². The monoisotopic (exact) mass is 213 g/mol. The van der Waals surface area contributed by atoms with Crippen molar-refractivity contribution in [2.75, 3.05) is 0 Å². The van der Waals surface area contributed by atoms with Gasteiger partial charge in [-0.2, -0.15) is 0 Å². The van der Waals surface area contributed by atoms with Crippen LogP contribution < -0.4 is 34.7 Å². The normalized spacial score (nSPS) is 8.83. The molecule has 0 aromatic carbocycles. The Bertz CT molecular complexity index is 306. The van der Waals surface area contributed by atoms with Gasteiger partial charge in [-0.1, -0.05) is 23.2 Å². The third-order valence-corrected chi connectivity index (χ3v) is 1.53. The smallest absolute Gasteiger partial charge is 0.545 e. The van der Waals surface area contributed by atoms with Crippen molar-refractivity contribution in [2.45, 2.75) is 0 Å². The molecule has 0 saturated carbocycles. The molecular formula is C6H2Cl2NNaO2. The molecule has 58 valence electrons. The second-order valence-electron chi connectivity index (χ2n) is 1.78. The van der Waals surface area contributed by atoms with Crippen LogP contribution in [-0.4, -0.2) is 11.0 Å². The molecule has 0 aliphatic rings. The summed E-state index contributed by atoms with van der Waals surface area (Å²) in [6.07, 6.45) is 1.26. The van der Waals surface area contributed by atoms with Crippen molar-refractivity contribution in [1.29, 1.82) is 0 Å². The summed E-state index contributed by atoms with van der Waals surface area (Å²) < 4.78 is 0. The molecule has 0 unspecified atom stereocenters. The Morgan fingerprint density at radius 1 is 1.50 bits per heavy atom. The molecule has 0 fully saturated rings. The predicted molar refractivity (Wildman–Crippen MR) is 38.6 cm³/mol. The number of aromatic carboxylic acids is 1. The quantitative estimate of drug-likeness (QED) is 0.392. The molecule has 0 N–H and O–H groups in total. The second-order valence-corrected chi connectivity index (χ2v) is 2.57. The first kappa shape index (κ1) is 12.2. The summed E-state index contributed by atoms with van der Waals surface area (Å²) in [5.74, 6) is -1.38. The Hall–Kier alpha value is 0.200. The minimum atomic E-state index is -1.38. The zero-order valence-corrected chi connectivity index (χ0v) is 9.69. The van der Waals surface area contributed by atoms with Crippen molar-refractivity contribution in [3.8, 4) is 0 Å². The minimum Gasteiger partial charge on any atom is -0.545 e. The van der Waals surface area contributed by atoms with Crippen LogP contribution >= 0.6 is 23.2 Å². The third-order valence-electron chi connectivity index (χ3n) is 1.03. The number of carboxylic acid groups (broad SMARTS) is 1. The van der Waals surface area contributed by atoms with Crippen molar-refractivity contribution in [1.82, 2.24) is 4.98 Å². The maximum Gasteiger partial charge on any atom is 1.00 e. The van der Waals surface area contributed by atoms with Gasteiger partial charge in [0.1, 0.15) is 5.15 Å². The van der Waals surface area contributed by atoms with Gasteiger partial charge < -0.3 is 9.90 Å². The van der Waals surface area contributed by atoms with E-state index < -0.39 is 5.97 Å². The summed E-state index contributed by atoms with van der Waals surface area (Å²) in [7, 11) is 0. The van der Waals surface area contributed by atoms with Crippen LogP contribution in [0.2, 0.25) is 10.2 Å². The van der Waals surface area contributed by atoms with Gasteiger partial charge in [-0.05, 0) is 6.07 Å². The van der Waals surface area contributed by atoms with Crippen LogP contribution in [0.1, 0.15) is 10.4 Å². The predicted octanol–water partition coefficient (Wildman–Crippen LogP) is -2.24. The third kappa shape index (κ3) is 2.92. The number of aromatic nitrogens is 1. The summed E-state index contributed by atoms with van der Waals surface area (Å²) in [6, 6.07) is 1.19. The summed E-state index contributed by atoms with van der Waals surface area (Å²) >= 11 is 10.8. The van der Waals surface area contributed by atoms with Gasteiger partial charge in [0, 0.05) is 11.8 Å². The number of halogens is 2. The molecule has 0 spiro atoms. The Labute approximate surface area is 101 Å². The van der Waals surface area contributed by atoms with Crippen LogP contribution in [0.5, 0.6) is 0 Å². The molecule has 0 atom stereocenters. The first-order valence-electron chi connectivity index (χ1n) is 2.63.